The van der Waals surface area contributed by atoms with Gasteiger partial charge in [-0.1, -0.05) is 0 Å². The van der Waals surface area contributed by atoms with Crippen LogP contribution < -0.4 is 59.1 Å². The van der Waals surface area contributed by atoms with Crippen LogP contribution in [0.1, 0.15) is 2.85 Å². The Labute approximate surface area is 105 Å². The summed E-state index contributed by atoms with van der Waals surface area (Å²) in [5, 5.41) is 0. The van der Waals surface area contributed by atoms with Gasteiger partial charge in [0.2, 0.25) is 0 Å². The first-order valence-electron chi connectivity index (χ1n) is 1.33. The summed E-state index contributed by atoms with van der Waals surface area (Å²) in [5.41, 5.74) is 0. The van der Waals surface area contributed by atoms with E-state index in [1.165, 1.54) is 0 Å². The van der Waals surface area contributed by atoms with E-state index in [-0.39, 0.29) is 62.0 Å². The summed E-state index contributed by atoms with van der Waals surface area (Å²) in [4.78, 5) is 23.1. The van der Waals surface area contributed by atoms with Crippen LogP contribution in [0.3, 0.4) is 0 Å². The average Bonchev–Trinajstić information content (AvgIpc) is 1.21. The third-order valence-electron chi connectivity index (χ3n) is 0.176. The maximum absolute atomic E-state index is 9.57. The molecule has 0 aliphatic rings. The van der Waals surface area contributed by atoms with Crippen LogP contribution in [0.25, 0.3) is 0 Å². The predicted octanol–water partition coefficient (Wildman–Crippen LogP) is -6.02. The molecule has 10 heteroatoms. The van der Waals surface area contributed by atoms with Crippen molar-refractivity contribution >= 4 is 16.1 Å². The minimum Gasteiger partial charge on any atom is -1.00 e. The Morgan fingerprint density at radius 2 is 1.70 bits per heavy atom. The Balaban J connectivity index is -0.0000000408. The summed E-state index contributed by atoms with van der Waals surface area (Å²) in [6.07, 6.45) is 0. The molecule has 0 amide bonds. The molecule has 0 fully saturated rings. The number of hydrogen-bond acceptors (Lipinski definition) is 3. The van der Waals surface area contributed by atoms with Gasteiger partial charge in [0.1, 0.15) is 0 Å². The summed E-state index contributed by atoms with van der Waals surface area (Å²) in [6.45, 7) is 0. The third-order valence-corrected chi connectivity index (χ3v) is 1.59. The molecule has 0 aliphatic heterocycles. The van der Waals surface area contributed by atoms with E-state index >= 15 is 0 Å². The fourth-order valence-electron chi connectivity index (χ4n) is 0.0910. The summed E-state index contributed by atoms with van der Waals surface area (Å²) >= 11 is 0. The largest absolute Gasteiger partial charge is 1.00 e. The van der Waals surface area contributed by atoms with Crippen molar-refractivity contribution in [1.82, 2.24) is 0 Å². The molecule has 0 aromatic carbocycles. The first kappa shape index (κ1) is 18.1. The van der Waals surface area contributed by atoms with E-state index in [0.717, 1.165) is 0 Å². The fraction of sp³-hybridized carbons (Fsp3) is 0. The van der Waals surface area contributed by atoms with E-state index in [1.54, 1.807) is 0 Å². The summed E-state index contributed by atoms with van der Waals surface area (Å²) in [5.74, 6) is 0. The Morgan fingerprint density at radius 3 is 1.70 bits per heavy atom. The van der Waals surface area contributed by atoms with E-state index in [2.05, 4.69) is 4.31 Å². The van der Waals surface area contributed by atoms with Crippen LogP contribution in [0.2, 0.25) is 0 Å². The van der Waals surface area contributed by atoms with Gasteiger partial charge >= 0.3 is 75.2 Å². The van der Waals surface area contributed by atoms with Crippen LogP contribution in [-0.2, 0) is 13.4 Å². The molecule has 1 unspecified atom stereocenters. The molecule has 0 saturated carbocycles. The van der Waals surface area contributed by atoms with Gasteiger partial charge in [-0.05, 0) is 4.31 Å². The van der Waals surface area contributed by atoms with E-state index < -0.39 is 16.1 Å². The molecule has 0 radical (unpaired) electrons. The molecule has 6 nitrogen and oxygen atoms in total. The van der Waals surface area contributed by atoms with Gasteiger partial charge in [-0.25, -0.2) is 4.57 Å². The molecule has 3 N–H and O–H groups in total. The first-order valence-corrected chi connectivity index (χ1v) is 3.99. The SMILES string of the molecule is O=[P+](O)OP(=O)(O)O.[H-].[H-].[Na+].[Na+]. The Bertz CT molecular complexity index is 144. The van der Waals surface area contributed by atoms with Gasteiger partial charge < -0.3 is 12.6 Å². The van der Waals surface area contributed by atoms with Crippen molar-refractivity contribution in [2.24, 2.45) is 0 Å². The molecule has 0 rings (SSSR count). The molecule has 0 aliphatic carbocycles. The number of rotatable bonds is 2. The summed E-state index contributed by atoms with van der Waals surface area (Å²) in [6, 6.07) is 0. The topological polar surface area (TPSA) is 104 Å². The zero-order valence-electron chi connectivity index (χ0n) is 7.46. The minimum atomic E-state index is -4.76. The van der Waals surface area contributed by atoms with Crippen LogP contribution in [0.5, 0.6) is 0 Å². The Kier molecular flexibility index (Phi) is 14.1. The van der Waals surface area contributed by atoms with Crippen LogP contribution in [0, 0.1) is 0 Å². The molecule has 0 aromatic rings. The van der Waals surface area contributed by atoms with Gasteiger partial charge in [-0.2, -0.15) is 0 Å². The van der Waals surface area contributed by atoms with Gasteiger partial charge in [0, 0.05) is 4.57 Å². The van der Waals surface area contributed by atoms with E-state index in [1.807, 2.05) is 0 Å². The van der Waals surface area contributed by atoms with E-state index in [4.69, 9.17) is 14.7 Å². The molecule has 10 heavy (non-hydrogen) atoms. The second-order valence-corrected chi connectivity index (χ2v) is 2.92. The fourth-order valence-corrected chi connectivity index (χ4v) is 0.819. The second kappa shape index (κ2) is 7.80. The van der Waals surface area contributed by atoms with E-state index in [0.29, 0.717) is 0 Å². The maximum Gasteiger partial charge on any atom is 1.00 e. The molecule has 0 heterocycles. The Morgan fingerprint density at radius 1 is 1.40 bits per heavy atom. The van der Waals surface area contributed by atoms with Crippen molar-refractivity contribution in [2.75, 3.05) is 0 Å². The van der Waals surface area contributed by atoms with Gasteiger partial charge in [-0.3, -0.25) is 0 Å². The van der Waals surface area contributed by atoms with Crippen molar-refractivity contribution in [1.29, 1.82) is 0 Å². The standard InChI is InChI=1S/2Na.H2O6P2.2H/c;;1-7(2)6-8(3,4)5;;/h;;(H2-,1,2,3,4,5);;/q2*+1;;2*-1/p+1. The van der Waals surface area contributed by atoms with Crippen molar-refractivity contribution in [3.05, 3.63) is 0 Å². The molecule has 0 bridgehead atoms. The molecular formula is H5Na2O6P2+. The second-order valence-electron chi connectivity index (χ2n) is 0.810. The van der Waals surface area contributed by atoms with Gasteiger partial charge in [0.15, 0.2) is 0 Å². The van der Waals surface area contributed by atoms with Crippen molar-refractivity contribution in [2.45, 2.75) is 0 Å². The van der Waals surface area contributed by atoms with Crippen molar-refractivity contribution < 1.29 is 90.1 Å². The maximum atomic E-state index is 9.57. The van der Waals surface area contributed by atoms with Gasteiger partial charge in [0.25, 0.3) is 0 Å². The quantitative estimate of drug-likeness (QED) is 0.309. The zero-order chi connectivity index (χ0) is 6.78. The predicted molar refractivity (Wildman–Crippen MR) is 25.2 cm³/mol. The Hall–Kier alpha value is 2.17. The molecule has 1 atom stereocenters. The molecule has 0 aromatic heterocycles. The van der Waals surface area contributed by atoms with Crippen LogP contribution in [0.4, 0.5) is 0 Å². The zero-order valence-corrected chi connectivity index (χ0v) is 11.2. The average molecular weight is 209 g/mol. The molecule has 0 spiro atoms. The van der Waals surface area contributed by atoms with Crippen LogP contribution in [0.15, 0.2) is 0 Å². The van der Waals surface area contributed by atoms with Gasteiger partial charge in [-0.15, -0.1) is 4.89 Å². The van der Waals surface area contributed by atoms with Crippen LogP contribution >= 0.6 is 16.1 Å². The molecule has 0 saturated heterocycles. The monoisotopic (exact) mass is 209 g/mol. The smallest absolute Gasteiger partial charge is 1.00 e. The van der Waals surface area contributed by atoms with Crippen molar-refractivity contribution in [3.8, 4) is 0 Å². The van der Waals surface area contributed by atoms with E-state index in [9.17, 15) is 9.13 Å². The summed E-state index contributed by atoms with van der Waals surface area (Å²) < 4.78 is 22.2. The number of phosphoric acid groups is 1. The molecular weight excluding hydrogens is 204 g/mol. The minimum absolute atomic E-state index is 0. The number of hydrogen-bond donors (Lipinski definition) is 3. The molecule has 52 valence electrons. The summed E-state index contributed by atoms with van der Waals surface area (Å²) in [7, 11) is -7.96. The third kappa shape index (κ3) is 16.6. The van der Waals surface area contributed by atoms with Crippen LogP contribution in [-0.4, -0.2) is 14.7 Å². The van der Waals surface area contributed by atoms with Gasteiger partial charge in [0.05, 0.1) is 0 Å². The van der Waals surface area contributed by atoms with Crippen molar-refractivity contribution in [3.63, 3.8) is 0 Å². The first-order chi connectivity index (χ1) is 3.42. The normalized spacial score (nSPS) is 10.9.